The second-order valence-electron chi connectivity index (χ2n) is 9.28. The zero-order valence-electron chi connectivity index (χ0n) is 19.4. The van der Waals surface area contributed by atoms with Gasteiger partial charge in [0.25, 0.3) is 0 Å². The highest BCUT2D eigenvalue weighted by Crippen LogP contribution is 2.36. The first-order chi connectivity index (χ1) is 15.9. The molecule has 34 heavy (non-hydrogen) atoms. The first-order valence-electron chi connectivity index (χ1n) is 11.1. The maximum atomic E-state index is 12.6. The molecule has 2 heterocycles. The molecular formula is C25H28N2O6S. The third kappa shape index (κ3) is 5.15. The number of nitrogens with two attached hydrogens (primary N) is 1. The van der Waals surface area contributed by atoms with Crippen LogP contribution in [-0.2, 0) is 34.1 Å². The van der Waals surface area contributed by atoms with Gasteiger partial charge in [0.2, 0.25) is 15.9 Å². The Hall–Kier alpha value is -3.17. The van der Waals surface area contributed by atoms with Crippen molar-refractivity contribution in [2.75, 3.05) is 6.54 Å². The van der Waals surface area contributed by atoms with Crippen LogP contribution in [0.3, 0.4) is 0 Å². The largest absolute Gasteiger partial charge is 0.487 e. The molecule has 1 aromatic heterocycles. The molecule has 2 aromatic carbocycles. The van der Waals surface area contributed by atoms with Gasteiger partial charge in [0, 0.05) is 18.0 Å². The fraction of sp³-hybridized carbons (Fsp3) is 0.360. The van der Waals surface area contributed by atoms with Gasteiger partial charge >= 0.3 is 5.63 Å². The third-order valence-corrected chi connectivity index (χ3v) is 7.11. The average molecular weight is 485 g/mol. The fourth-order valence-corrected chi connectivity index (χ4v) is 4.67. The van der Waals surface area contributed by atoms with Gasteiger partial charge in [-0.3, -0.25) is 4.79 Å². The molecule has 4 rings (SSSR count). The van der Waals surface area contributed by atoms with Crippen LogP contribution in [0.25, 0.3) is 11.0 Å². The third-order valence-electron chi connectivity index (χ3n) is 6.18. The molecule has 3 N–H and O–H groups in total. The lowest BCUT2D eigenvalue weighted by molar-refractivity contribution is -0.120. The van der Waals surface area contributed by atoms with E-state index >= 15 is 0 Å². The Morgan fingerprint density at radius 3 is 2.56 bits per heavy atom. The Balaban J connectivity index is 1.45. The second-order valence-corrected chi connectivity index (χ2v) is 10.8. The van der Waals surface area contributed by atoms with Crippen molar-refractivity contribution in [3.63, 3.8) is 0 Å². The number of ether oxygens (including phenoxy) is 1. The predicted octanol–water partition coefficient (Wildman–Crippen LogP) is 2.75. The van der Waals surface area contributed by atoms with Gasteiger partial charge in [0.1, 0.15) is 16.9 Å². The quantitative estimate of drug-likeness (QED) is 0.518. The smallest absolute Gasteiger partial charge is 0.340 e. The van der Waals surface area contributed by atoms with Crippen LogP contribution in [0.2, 0.25) is 0 Å². The summed E-state index contributed by atoms with van der Waals surface area (Å²) in [6, 6.07) is 9.93. The number of fused-ring (bicyclic) bond motifs is 2. The molecule has 0 radical (unpaired) electrons. The van der Waals surface area contributed by atoms with Gasteiger partial charge in [-0.2, -0.15) is 0 Å². The molecule has 0 fully saturated rings. The molecule has 0 saturated heterocycles. The zero-order valence-corrected chi connectivity index (χ0v) is 20.3. The van der Waals surface area contributed by atoms with E-state index in [1.807, 2.05) is 26.8 Å². The van der Waals surface area contributed by atoms with E-state index in [0.29, 0.717) is 24.1 Å². The summed E-state index contributed by atoms with van der Waals surface area (Å²) >= 11 is 0. The molecule has 0 atom stereocenters. The van der Waals surface area contributed by atoms with Crippen LogP contribution < -0.4 is 20.8 Å². The Bertz CT molecular complexity index is 1420. The van der Waals surface area contributed by atoms with E-state index in [0.717, 1.165) is 40.7 Å². The van der Waals surface area contributed by atoms with E-state index < -0.39 is 15.6 Å². The number of hydrogen-bond acceptors (Lipinski definition) is 6. The number of hydrogen-bond donors (Lipinski definition) is 2. The number of rotatable bonds is 6. The summed E-state index contributed by atoms with van der Waals surface area (Å²) in [7, 11) is -3.74. The molecule has 3 aromatic rings. The molecule has 1 amide bonds. The summed E-state index contributed by atoms with van der Waals surface area (Å²) in [5.74, 6) is 0.438. The van der Waals surface area contributed by atoms with Gasteiger partial charge in [-0.25, -0.2) is 18.4 Å². The van der Waals surface area contributed by atoms with Crippen molar-refractivity contribution >= 4 is 26.9 Å². The highest BCUT2D eigenvalue weighted by Gasteiger charge is 2.27. The van der Waals surface area contributed by atoms with Crippen molar-refractivity contribution in [3.8, 4) is 5.75 Å². The summed E-state index contributed by atoms with van der Waals surface area (Å²) in [5, 5.41) is 8.71. The van der Waals surface area contributed by atoms with Gasteiger partial charge < -0.3 is 14.5 Å². The van der Waals surface area contributed by atoms with Crippen molar-refractivity contribution in [1.29, 1.82) is 0 Å². The Labute approximate surface area is 198 Å². The monoisotopic (exact) mass is 484 g/mol. The van der Waals surface area contributed by atoms with Crippen molar-refractivity contribution in [2.45, 2.75) is 57.0 Å². The minimum atomic E-state index is -3.74. The molecule has 0 bridgehead atoms. The summed E-state index contributed by atoms with van der Waals surface area (Å²) in [6.45, 7) is 6.23. The van der Waals surface area contributed by atoms with E-state index in [1.54, 1.807) is 18.2 Å². The van der Waals surface area contributed by atoms with Crippen molar-refractivity contribution in [2.24, 2.45) is 5.14 Å². The number of amides is 1. The van der Waals surface area contributed by atoms with Gasteiger partial charge in [-0.15, -0.1) is 0 Å². The highest BCUT2D eigenvalue weighted by atomic mass is 32.2. The molecule has 8 nitrogen and oxygen atoms in total. The standard InChI is InChI=1S/C25H28N2O6S/c1-15-19-12-17-8-10-25(2,3)33-21(17)14-22(19)32-24(29)20(15)13-23(28)27-11-9-16-4-6-18(7-5-16)34(26,30)31/h4-7,12,14H,8-11,13H2,1-3H3,(H,27,28)(H2,26,30,31). The van der Waals surface area contributed by atoms with Crippen LogP contribution in [0, 0.1) is 6.92 Å². The van der Waals surface area contributed by atoms with Gasteiger partial charge in [-0.05, 0) is 74.9 Å². The van der Waals surface area contributed by atoms with E-state index in [4.69, 9.17) is 14.3 Å². The first-order valence-corrected chi connectivity index (χ1v) is 12.6. The predicted molar refractivity (Wildman–Crippen MR) is 128 cm³/mol. The molecule has 1 aliphatic rings. The van der Waals surface area contributed by atoms with E-state index in [9.17, 15) is 18.0 Å². The maximum absolute atomic E-state index is 12.6. The molecule has 0 saturated carbocycles. The lowest BCUT2D eigenvalue weighted by Gasteiger charge is -2.32. The number of benzene rings is 2. The molecule has 1 aliphatic heterocycles. The summed E-state index contributed by atoms with van der Waals surface area (Å²) in [4.78, 5) is 25.2. The second kappa shape index (κ2) is 8.88. The number of aryl methyl sites for hydroxylation is 2. The number of carbonyl (C=O) groups is 1. The first kappa shape index (κ1) is 24.0. The number of sulfonamides is 1. The number of carbonyl (C=O) groups excluding carboxylic acids is 1. The zero-order chi connectivity index (χ0) is 24.7. The van der Waals surface area contributed by atoms with E-state index in [1.165, 1.54) is 12.1 Å². The minimum Gasteiger partial charge on any atom is -0.487 e. The topological polar surface area (TPSA) is 129 Å². The molecule has 0 aliphatic carbocycles. The van der Waals surface area contributed by atoms with Crippen LogP contribution in [0.15, 0.2) is 50.5 Å². The normalized spacial score (nSPS) is 14.9. The van der Waals surface area contributed by atoms with Crippen LogP contribution in [0.4, 0.5) is 0 Å². The van der Waals surface area contributed by atoms with Crippen LogP contribution in [0.5, 0.6) is 5.75 Å². The van der Waals surface area contributed by atoms with Crippen LogP contribution in [0.1, 0.15) is 42.5 Å². The van der Waals surface area contributed by atoms with E-state index in [-0.39, 0.29) is 22.8 Å². The van der Waals surface area contributed by atoms with Gasteiger partial charge in [0.05, 0.1) is 16.9 Å². The van der Waals surface area contributed by atoms with Crippen molar-refractivity contribution < 1.29 is 22.4 Å². The van der Waals surface area contributed by atoms with E-state index in [2.05, 4.69) is 5.32 Å². The Morgan fingerprint density at radius 2 is 1.88 bits per heavy atom. The molecule has 0 spiro atoms. The average Bonchev–Trinajstić information content (AvgIpc) is 2.75. The van der Waals surface area contributed by atoms with Crippen LogP contribution >= 0.6 is 0 Å². The molecule has 9 heteroatoms. The maximum Gasteiger partial charge on any atom is 0.340 e. The summed E-state index contributed by atoms with van der Waals surface area (Å²) in [5.41, 5.74) is 2.63. The Kier molecular flexibility index (Phi) is 6.26. The lowest BCUT2D eigenvalue weighted by atomic mass is 9.92. The fourth-order valence-electron chi connectivity index (χ4n) is 4.16. The van der Waals surface area contributed by atoms with Crippen molar-refractivity contribution in [3.05, 3.63) is 69.1 Å². The minimum absolute atomic E-state index is 0.0373. The lowest BCUT2D eigenvalue weighted by Crippen LogP contribution is -2.32. The molecule has 180 valence electrons. The van der Waals surface area contributed by atoms with Crippen molar-refractivity contribution in [1.82, 2.24) is 5.32 Å². The number of nitrogens with one attached hydrogen (secondary N) is 1. The summed E-state index contributed by atoms with van der Waals surface area (Å²) in [6.07, 6.45) is 2.17. The SMILES string of the molecule is Cc1c(CC(=O)NCCc2ccc(S(N)(=O)=O)cc2)c(=O)oc2cc3c(cc12)CCC(C)(C)O3. The molecular weight excluding hydrogens is 456 g/mol. The van der Waals surface area contributed by atoms with Gasteiger partial charge in [-0.1, -0.05) is 12.1 Å². The summed E-state index contributed by atoms with van der Waals surface area (Å²) < 4.78 is 34.3. The molecule has 0 unspecified atom stereocenters. The van der Waals surface area contributed by atoms with Gasteiger partial charge in [0.15, 0.2) is 0 Å². The highest BCUT2D eigenvalue weighted by molar-refractivity contribution is 7.89. The number of primary sulfonamides is 1. The van der Waals surface area contributed by atoms with Crippen LogP contribution in [-0.4, -0.2) is 26.5 Å². The Morgan fingerprint density at radius 1 is 1.18 bits per heavy atom.